The van der Waals surface area contributed by atoms with Crippen molar-refractivity contribution in [2.75, 3.05) is 4.90 Å². The maximum atomic E-state index is 5.82. The van der Waals surface area contributed by atoms with Gasteiger partial charge in [0.25, 0.3) is 0 Å². The molecule has 2 nitrogen and oxygen atoms in total. The van der Waals surface area contributed by atoms with Crippen LogP contribution in [0, 0.1) is 6.92 Å². The van der Waals surface area contributed by atoms with Gasteiger partial charge in [-0.2, -0.15) is 0 Å². The van der Waals surface area contributed by atoms with Crippen LogP contribution in [0.5, 0.6) is 0 Å². The molecule has 1 fully saturated rings. The predicted molar refractivity (Wildman–Crippen MR) is 80.9 cm³/mol. The summed E-state index contributed by atoms with van der Waals surface area (Å²) in [6, 6.07) is 11.3. The molecule has 1 saturated carbocycles. The van der Waals surface area contributed by atoms with Gasteiger partial charge in [0.15, 0.2) is 0 Å². The number of para-hydroxylation sites is 1. The first-order chi connectivity index (χ1) is 9.74. The van der Waals surface area contributed by atoms with Crippen molar-refractivity contribution in [3.8, 4) is 0 Å². The SMILES string of the molecule is Cc1ccccc1N1[C@@H](C)c2occc2C12CCCC2. The molecule has 0 bridgehead atoms. The molecule has 1 spiro atoms. The Balaban J connectivity index is 1.91. The lowest BCUT2D eigenvalue weighted by atomic mass is 9.89. The van der Waals surface area contributed by atoms with E-state index < -0.39 is 0 Å². The molecule has 0 saturated heterocycles. The van der Waals surface area contributed by atoms with Gasteiger partial charge in [-0.05, 0) is 44.4 Å². The Morgan fingerprint density at radius 3 is 2.65 bits per heavy atom. The van der Waals surface area contributed by atoms with Crippen LogP contribution in [0.25, 0.3) is 0 Å². The number of fused-ring (bicyclic) bond motifs is 2. The lowest BCUT2D eigenvalue weighted by molar-refractivity contribution is 0.403. The Labute approximate surface area is 120 Å². The molecule has 1 aromatic carbocycles. The summed E-state index contributed by atoms with van der Waals surface area (Å²) >= 11 is 0. The highest BCUT2D eigenvalue weighted by atomic mass is 16.3. The third-order valence-corrected chi connectivity index (χ3v) is 5.23. The summed E-state index contributed by atoms with van der Waals surface area (Å²) < 4.78 is 5.82. The van der Waals surface area contributed by atoms with E-state index >= 15 is 0 Å². The highest BCUT2D eigenvalue weighted by Crippen LogP contribution is 2.56. The Hall–Kier alpha value is -1.70. The van der Waals surface area contributed by atoms with E-state index in [0.29, 0.717) is 6.04 Å². The van der Waals surface area contributed by atoms with Gasteiger partial charge < -0.3 is 9.32 Å². The van der Waals surface area contributed by atoms with Crippen LogP contribution in [-0.2, 0) is 5.54 Å². The normalized spacial score (nSPS) is 23.5. The molecule has 0 N–H and O–H groups in total. The standard InChI is InChI=1S/C18H21NO/c1-13-7-3-4-8-16(13)19-14(2)17-15(9-12-20-17)18(19)10-5-6-11-18/h3-4,7-9,12,14H,5-6,10-11H2,1-2H3/t14-/m0/s1. The minimum atomic E-state index is 0.174. The topological polar surface area (TPSA) is 16.4 Å². The van der Waals surface area contributed by atoms with Gasteiger partial charge in [-0.1, -0.05) is 31.0 Å². The number of aryl methyl sites for hydroxylation is 1. The molecule has 2 heterocycles. The zero-order chi connectivity index (χ0) is 13.7. The van der Waals surface area contributed by atoms with E-state index in [-0.39, 0.29) is 5.54 Å². The molecule has 1 aliphatic carbocycles. The summed E-state index contributed by atoms with van der Waals surface area (Å²) in [4.78, 5) is 2.63. The zero-order valence-corrected chi connectivity index (χ0v) is 12.2. The molecule has 2 aliphatic rings. The average molecular weight is 267 g/mol. The Morgan fingerprint density at radius 1 is 1.15 bits per heavy atom. The zero-order valence-electron chi connectivity index (χ0n) is 12.2. The monoisotopic (exact) mass is 267 g/mol. The average Bonchev–Trinajstić information content (AvgIpc) is 3.12. The fourth-order valence-corrected chi connectivity index (χ4v) is 4.39. The van der Waals surface area contributed by atoms with E-state index in [9.17, 15) is 0 Å². The predicted octanol–water partition coefficient (Wildman–Crippen LogP) is 4.94. The van der Waals surface area contributed by atoms with Gasteiger partial charge in [0.1, 0.15) is 5.76 Å². The van der Waals surface area contributed by atoms with E-state index in [1.54, 1.807) is 0 Å². The Kier molecular flexibility index (Phi) is 2.50. The van der Waals surface area contributed by atoms with Crippen molar-refractivity contribution in [3.63, 3.8) is 0 Å². The van der Waals surface area contributed by atoms with Crippen molar-refractivity contribution in [1.82, 2.24) is 0 Å². The molecule has 0 amide bonds. The van der Waals surface area contributed by atoms with Crippen LogP contribution in [0.2, 0.25) is 0 Å². The van der Waals surface area contributed by atoms with Crippen LogP contribution in [0.4, 0.5) is 5.69 Å². The Bertz CT molecular complexity index is 636. The third-order valence-electron chi connectivity index (χ3n) is 5.23. The molecule has 104 valence electrons. The van der Waals surface area contributed by atoms with Crippen molar-refractivity contribution in [3.05, 3.63) is 53.5 Å². The van der Waals surface area contributed by atoms with E-state index in [0.717, 1.165) is 0 Å². The first-order valence-electron chi connectivity index (χ1n) is 7.67. The van der Waals surface area contributed by atoms with Gasteiger partial charge in [0.05, 0.1) is 17.8 Å². The number of hydrogen-bond acceptors (Lipinski definition) is 2. The van der Waals surface area contributed by atoms with E-state index in [1.807, 2.05) is 6.26 Å². The van der Waals surface area contributed by atoms with E-state index in [2.05, 4.69) is 49.1 Å². The second kappa shape index (κ2) is 4.15. The number of rotatable bonds is 1. The number of nitrogens with zero attached hydrogens (tertiary/aromatic N) is 1. The van der Waals surface area contributed by atoms with Gasteiger partial charge in [0.2, 0.25) is 0 Å². The summed E-state index contributed by atoms with van der Waals surface area (Å²) in [5.74, 6) is 1.18. The molecule has 1 aromatic heterocycles. The molecule has 1 aliphatic heterocycles. The van der Waals surface area contributed by atoms with Crippen LogP contribution in [0.1, 0.15) is 55.5 Å². The molecule has 20 heavy (non-hydrogen) atoms. The number of benzene rings is 1. The molecule has 0 radical (unpaired) electrons. The largest absolute Gasteiger partial charge is 0.467 e. The highest BCUT2D eigenvalue weighted by Gasteiger charge is 2.52. The first kappa shape index (κ1) is 12.1. The molecule has 2 aromatic rings. The van der Waals surface area contributed by atoms with Crippen LogP contribution < -0.4 is 4.90 Å². The van der Waals surface area contributed by atoms with Crippen LogP contribution in [0.15, 0.2) is 41.0 Å². The minimum absolute atomic E-state index is 0.174. The van der Waals surface area contributed by atoms with Gasteiger partial charge in [-0.25, -0.2) is 0 Å². The van der Waals surface area contributed by atoms with Crippen molar-refractivity contribution >= 4 is 5.69 Å². The van der Waals surface area contributed by atoms with Gasteiger partial charge in [0, 0.05) is 11.3 Å². The Morgan fingerprint density at radius 2 is 1.90 bits per heavy atom. The van der Waals surface area contributed by atoms with Crippen LogP contribution in [0.3, 0.4) is 0 Å². The number of hydrogen-bond donors (Lipinski definition) is 0. The molecule has 4 rings (SSSR count). The van der Waals surface area contributed by atoms with Crippen molar-refractivity contribution in [2.24, 2.45) is 0 Å². The van der Waals surface area contributed by atoms with Crippen molar-refractivity contribution in [2.45, 2.75) is 51.1 Å². The molecule has 1 atom stereocenters. The molecular weight excluding hydrogens is 246 g/mol. The number of furan rings is 1. The lowest BCUT2D eigenvalue weighted by Gasteiger charge is -2.40. The smallest absolute Gasteiger partial charge is 0.131 e. The van der Waals surface area contributed by atoms with Crippen LogP contribution in [-0.4, -0.2) is 0 Å². The summed E-state index contributed by atoms with van der Waals surface area (Å²) in [6.07, 6.45) is 7.01. The van der Waals surface area contributed by atoms with Gasteiger partial charge in [-0.15, -0.1) is 0 Å². The fourth-order valence-electron chi connectivity index (χ4n) is 4.39. The molecule has 2 heteroatoms. The summed E-state index contributed by atoms with van der Waals surface area (Å²) in [5.41, 5.74) is 4.34. The van der Waals surface area contributed by atoms with Crippen molar-refractivity contribution < 1.29 is 4.42 Å². The van der Waals surface area contributed by atoms with E-state index in [4.69, 9.17) is 4.42 Å². The molecular formula is C18H21NO. The van der Waals surface area contributed by atoms with Gasteiger partial charge in [-0.3, -0.25) is 0 Å². The minimum Gasteiger partial charge on any atom is -0.467 e. The maximum absolute atomic E-state index is 5.82. The lowest BCUT2D eigenvalue weighted by Crippen LogP contribution is -2.40. The summed E-state index contributed by atoms with van der Waals surface area (Å²) in [5, 5.41) is 0. The number of anilines is 1. The maximum Gasteiger partial charge on any atom is 0.131 e. The highest BCUT2D eigenvalue weighted by molar-refractivity contribution is 5.62. The molecule has 0 unspecified atom stereocenters. The second-order valence-electron chi connectivity index (χ2n) is 6.27. The third kappa shape index (κ3) is 1.39. The van der Waals surface area contributed by atoms with E-state index in [1.165, 1.54) is 48.3 Å². The summed E-state index contributed by atoms with van der Waals surface area (Å²) in [6.45, 7) is 4.49. The quantitative estimate of drug-likeness (QED) is 0.727. The van der Waals surface area contributed by atoms with Crippen LogP contribution >= 0.6 is 0 Å². The first-order valence-corrected chi connectivity index (χ1v) is 7.67. The fraction of sp³-hybridized carbons (Fsp3) is 0.444. The summed E-state index contributed by atoms with van der Waals surface area (Å²) in [7, 11) is 0. The second-order valence-corrected chi connectivity index (χ2v) is 6.27. The van der Waals surface area contributed by atoms with Crippen molar-refractivity contribution in [1.29, 1.82) is 0 Å². The van der Waals surface area contributed by atoms with Gasteiger partial charge >= 0.3 is 0 Å².